The highest BCUT2D eigenvalue weighted by molar-refractivity contribution is 5.96. The minimum Gasteiger partial charge on any atom is -0.497 e. The number of methoxy groups -OCH3 is 4. The van der Waals surface area contributed by atoms with Gasteiger partial charge in [-0.1, -0.05) is 12.1 Å². The van der Waals surface area contributed by atoms with Gasteiger partial charge in [0, 0.05) is 51.3 Å². The fraction of sp³-hybridized carbons (Fsp3) is 0.481. The lowest BCUT2D eigenvalue weighted by molar-refractivity contribution is 0.0474. The SMILES string of the molecule is COc1cccc(C(=O)CCN2CCN(CCCOC(=O)c3cc(OC)c(OC)c(OC)c3)CC2)c1. The van der Waals surface area contributed by atoms with Gasteiger partial charge >= 0.3 is 5.97 Å². The molecular weight excluding hydrogens is 464 g/mol. The Balaban J connectivity index is 1.36. The summed E-state index contributed by atoms with van der Waals surface area (Å²) in [6.07, 6.45) is 1.23. The molecule has 3 rings (SSSR count). The van der Waals surface area contributed by atoms with Gasteiger partial charge in [0.1, 0.15) is 5.75 Å². The van der Waals surface area contributed by atoms with Crippen LogP contribution in [0.15, 0.2) is 36.4 Å². The van der Waals surface area contributed by atoms with Crippen molar-refractivity contribution in [2.45, 2.75) is 12.8 Å². The number of rotatable bonds is 13. The van der Waals surface area contributed by atoms with Crippen molar-refractivity contribution in [2.24, 2.45) is 0 Å². The quantitative estimate of drug-likeness (QED) is 0.234. The molecule has 9 nitrogen and oxygen atoms in total. The maximum atomic E-state index is 12.5. The van der Waals surface area contributed by atoms with Gasteiger partial charge in [-0.25, -0.2) is 4.79 Å². The van der Waals surface area contributed by atoms with Crippen molar-refractivity contribution < 1.29 is 33.3 Å². The number of hydrogen-bond donors (Lipinski definition) is 0. The van der Waals surface area contributed by atoms with E-state index in [1.807, 2.05) is 18.2 Å². The van der Waals surface area contributed by atoms with Crippen LogP contribution in [0.2, 0.25) is 0 Å². The first-order valence-electron chi connectivity index (χ1n) is 12.1. The van der Waals surface area contributed by atoms with Crippen molar-refractivity contribution >= 4 is 11.8 Å². The molecule has 0 spiro atoms. The Bertz CT molecular complexity index is 994. The van der Waals surface area contributed by atoms with E-state index in [0.29, 0.717) is 47.2 Å². The van der Waals surface area contributed by atoms with Crippen LogP contribution < -0.4 is 18.9 Å². The van der Waals surface area contributed by atoms with Crippen LogP contribution >= 0.6 is 0 Å². The number of ether oxygens (including phenoxy) is 5. The summed E-state index contributed by atoms with van der Waals surface area (Å²) in [6, 6.07) is 10.5. The molecular formula is C27H36N2O7. The van der Waals surface area contributed by atoms with Crippen LogP contribution in [-0.4, -0.2) is 95.9 Å². The summed E-state index contributed by atoms with van der Waals surface area (Å²) >= 11 is 0. The maximum absolute atomic E-state index is 12.5. The molecule has 2 aromatic carbocycles. The second-order valence-corrected chi connectivity index (χ2v) is 8.49. The molecule has 0 aliphatic carbocycles. The predicted octanol–water partition coefficient (Wildman–Crippen LogP) is 3.16. The van der Waals surface area contributed by atoms with E-state index in [1.165, 1.54) is 21.3 Å². The number of hydrogen-bond acceptors (Lipinski definition) is 9. The molecule has 0 aromatic heterocycles. The largest absolute Gasteiger partial charge is 0.497 e. The molecule has 2 aromatic rings. The summed E-state index contributed by atoms with van der Waals surface area (Å²) in [5, 5.41) is 0. The minimum absolute atomic E-state index is 0.130. The molecule has 0 radical (unpaired) electrons. The van der Waals surface area contributed by atoms with Crippen LogP contribution in [0.3, 0.4) is 0 Å². The summed E-state index contributed by atoms with van der Waals surface area (Å²) in [5.74, 6) is 1.65. The Kier molecular flexibility index (Phi) is 10.4. The van der Waals surface area contributed by atoms with Crippen molar-refractivity contribution in [1.82, 2.24) is 9.80 Å². The Morgan fingerprint density at radius 3 is 2.00 bits per heavy atom. The number of ketones is 1. The molecule has 1 aliphatic rings. The van der Waals surface area contributed by atoms with Gasteiger partial charge in [-0.2, -0.15) is 0 Å². The Hall–Kier alpha value is -3.30. The van der Waals surface area contributed by atoms with E-state index < -0.39 is 5.97 Å². The summed E-state index contributed by atoms with van der Waals surface area (Å²) in [7, 11) is 6.12. The first-order chi connectivity index (χ1) is 17.5. The number of esters is 1. The molecule has 0 N–H and O–H groups in total. The predicted molar refractivity (Wildman–Crippen MR) is 136 cm³/mol. The Morgan fingerprint density at radius 2 is 1.42 bits per heavy atom. The fourth-order valence-corrected chi connectivity index (χ4v) is 4.17. The number of carbonyl (C=O) groups excluding carboxylic acids is 2. The normalized spacial score (nSPS) is 14.2. The highest BCUT2D eigenvalue weighted by Crippen LogP contribution is 2.38. The number of piperazine rings is 1. The lowest BCUT2D eigenvalue weighted by atomic mass is 10.1. The maximum Gasteiger partial charge on any atom is 0.338 e. The molecule has 0 amide bonds. The average molecular weight is 501 g/mol. The first kappa shape index (κ1) is 27.3. The van der Waals surface area contributed by atoms with Gasteiger partial charge in [-0.05, 0) is 30.7 Å². The molecule has 0 atom stereocenters. The van der Waals surface area contributed by atoms with Crippen LogP contribution in [0.5, 0.6) is 23.0 Å². The highest BCUT2D eigenvalue weighted by Gasteiger charge is 2.20. The molecule has 0 saturated carbocycles. The van der Waals surface area contributed by atoms with Crippen LogP contribution in [0.4, 0.5) is 0 Å². The van der Waals surface area contributed by atoms with E-state index in [1.54, 1.807) is 25.3 Å². The zero-order valence-corrected chi connectivity index (χ0v) is 21.6. The fourth-order valence-electron chi connectivity index (χ4n) is 4.17. The molecule has 0 unspecified atom stereocenters. The van der Waals surface area contributed by atoms with Gasteiger partial charge in [0.05, 0.1) is 40.6 Å². The lowest BCUT2D eigenvalue weighted by Crippen LogP contribution is -2.47. The second-order valence-electron chi connectivity index (χ2n) is 8.49. The molecule has 9 heteroatoms. The van der Waals surface area contributed by atoms with Crippen molar-refractivity contribution in [2.75, 3.05) is 74.3 Å². The van der Waals surface area contributed by atoms with Gasteiger partial charge in [0.25, 0.3) is 0 Å². The first-order valence-corrected chi connectivity index (χ1v) is 12.1. The molecule has 36 heavy (non-hydrogen) atoms. The van der Waals surface area contributed by atoms with Crippen LogP contribution in [0.25, 0.3) is 0 Å². The third kappa shape index (κ3) is 7.35. The molecule has 1 heterocycles. The van der Waals surface area contributed by atoms with E-state index in [9.17, 15) is 9.59 Å². The van der Waals surface area contributed by atoms with E-state index in [2.05, 4.69) is 9.80 Å². The summed E-state index contributed by atoms with van der Waals surface area (Å²) in [5.41, 5.74) is 1.04. The summed E-state index contributed by atoms with van der Waals surface area (Å²) < 4.78 is 26.6. The zero-order chi connectivity index (χ0) is 25.9. The highest BCUT2D eigenvalue weighted by atomic mass is 16.5. The number of benzene rings is 2. The van der Waals surface area contributed by atoms with E-state index >= 15 is 0 Å². The summed E-state index contributed by atoms with van der Waals surface area (Å²) in [6.45, 7) is 5.59. The van der Waals surface area contributed by atoms with Crippen LogP contribution in [0, 0.1) is 0 Å². The van der Waals surface area contributed by atoms with Gasteiger partial charge in [-0.15, -0.1) is 0 Å². The third-order valence-corrected chi connectivity index (χ3v) is 6.26. The third-order valence-electron chi connectivity index (χ3n) is 6.26. The van der Waals surface area contributed by atoms with E-state index in [0.717, 1.165) is 45.7 Å². The monoisotopic (exact) mass is 500 g/mol. The molecule has 1 saturated heterocycles. The van der Waals surface area contributed by atoms with Crippen molar-refractivity contribution in [3.8, 4) is 23.0 Å². The van der Waals surface area contributed by atoms with E-state index in [4.69, 9.17) is 23.7 Å². The van der Waals surface area contributed by atoms with Crippen molar-refractivity contribution in [1.29, 1.82) is 0 Å². The summed E-state index contributed by atoms with van der Waals surface area (Å²) in [4.78, 5) is 29.7. The zero-order valence-electron chi connectivity index (χ0n) is 21.6. The van der Waals surface area contributed by atoms with Gasteiger partial charge in [0.2, 0.25) is 5.75 Å². The van der Waals surface area contributed by atoms with Gasteiger partial charge < -0.3 is 33.5 Å². The smallest absolute Gasteiger partial charge is 0.338 e. The van der Waals surface area contributed by atoms with Crippen LogP contribution in [-0.2, 0) is 4.74 Å². The number of nitrogens with zero attached hydrogens (tertiary/aromatic N) is 2. The minimum atomic E-state index is -0.431. The van der Waals surface area contributed by atoms with Crippen LogP contribution in [0.1, 0.15) is 33.6 Å². The molecule has 1 aliphatic heterocycles. The molecule has 196 valence electrons. The topological polar surface area (TPSA) is 86.8 Å². The molecule has 0 bridgehead atoms. The number of Topliss-reactive ketones (excluding diaryl/α,β-unsaturated/α-hetero) is 1. The Morgan fingerprint density at radius 1 is 0.778 bits per heavy atom. The van der Waals surface area contributed by atoms with E-state index in [-0.39, 0.29) is 5.78 Å². The van der Waals surface area contributed by atoms with Gasteiger partial charge in [-0.3, -0.25) is 4.79 Å². The number of carbonyl (C=O) groups is 2. The van der Waals surface area contributed by atoms with Crippen molar-refractivity contribution in [3.63, 3.8) is 0 Å². The average Bonchev–Trinajstić information content (AvgIpc) is 2.93. The van der Waals surface area contributed by atoms with Gasteiger partial charge in [0.15, 0.2) is 17.3 Å². The standard InChI is InChI=1S/C27H36N2O7/c1-32-22-8-5-7-20(17-22)23(30)9-11-29-14-12-28(13-15-29)10-6-16-36-27(31)21-18-24(33-2)26(35-4)25(19-21)34-3/h5,7-8,17-19H,6,9-16H2,1-4H3. The molecule has 1 fully saturated rings. The Labute approximate surface area is 212 Å². The second kappa shape index (κ2) is 13.7. The lowest BCUT2D eigenvalue weighted by Gasteiger charge is -2.34. The van der Waals surface area contributed by atoms with Crippen molar-refractivity contribution in [3.05, 3.63) is 47.5 Å².